The summed E-state index contributed by atoms with van der Waals surface area (Å²) in [6.45, 7) is 0.687. The van der Waals surface area contributed by atoms with E-state index in [4.69, 9.17) is 5.73 Å². The van der Waals surface area contributed by atoms with E-state index in [0.29, 0.717) is 12.2 Å². The van der Waals surface area contributed by atoms with Crippen molar-refractivity contribution in [2.45, 2.75) is 6.42 Å². The molecule has 0 amide bonds. The molecule has 2 aromatic carbocycles. The van der Waals surface area contributed by atoms with Crippen LogP contribution in [0, 0.1) is 11.6 Å². The van der Waals surface area contributed by atoms with E-state index in [0.717, 1.165) is 18.2 Å². The van der Waals surface area contributed by atoms with E-state index in [2.05, 4.69) is 0 Å². The van der Waals surface area contributed by atoms with Crippen molar-refractivity contribution in [1.82, 2.24) is 0 Å². The van der Waals surface area contributed by atoms with Crippen molar-refractivity contribution < 1.29 is 8.78 Å². The van der Waals surface area contributed by atoms with Crippen LogP contribution >= 0.6 is 0 Å². The third-order valence-electron chi connectivity index (χ3n) is 3.25. The highest BCUT2D eigenvalue weighted by Gasteiger charge is 2.23. The molecule has 0 spiro atoms. The lowest BCUT2D eigenvalue weighted by Crippen LogP contribution is -2.16. The molecule has 0 fully saturated rings. The Balaban J connectivity index is 2.13. The summed E-state index contributed by atoms with van der Waals surface area (Å²) >= 11 is 0. The number of rotatable bonds is 1. The molecule has 4 heteroatoms. The van der Waals surface area contributed by atoms with E-state index in [1.54, 1.807) is 0 Å². The number of nitrogens with two attached hydrogens (primary N) is 1. The number of halogens is 2. The quantitative estimate of drug-likeness (QED) is 0.783. The second-order valence-corrected chi connectivity index (χ2v) is 4.35. The third-order valence-corrected chi connectivity index (χ3v) is 3.25. The van der Waals surface area contributed by atoms with Gasteiger partial charge < -0.3 is 10.6 Å². The van der Waals surface area contributed by atoms with Gasteiger partial charge in [-0.1, -0.05) is 18.2 Å². The Morgan fingerprint density at radius 3 is 2.67 bits per heavy atom. The molecule has 2 nitrogen and oxygen atoms in total. The van der Waals surface area contributed by atoms with Crippen molar-refractivity contribution in [2.24, 2.45) is 0 Å². The summed E-state index contributed by atoms with van der Waals surface area (Å²) in [6.07, 6.45) is 0.855. The van der Waals surface area contributed by atoms with Gasteiger partial charge in [-0.05, 0) is 24.1 Å². The predicted octanol–water partition coefficient (Wildman–Crippen LogP) is 3.24. The van der Waals surface area contributed by atoms with Crippen molar-refractivity contribution in [1.29, 1.82) is 0 Å². The van der Waals surface area contributed by atoms with Crippen LogP contribution < -0.4 is 10.6 Å². The average molecular weight is 246 g/mol. The van der Waals surface area contributed by atoms with E-state index >= 15 is 0 Å². The van der Waals surface area contributed by atoms with E-state index in [9.17, 15) is 8.78 Å². The lowest BCUT2D eigenvalue weighted by Gasteiger charge is -2.21. The highest BCUT2D eigenvalue weighted by atomic mass is 19.1. The van der Waals surface area contributed by atoms with Gasteiger partial charge in [0.25, 0.3) is 0 Å². The minimum Gasteiger partial charge on any atom is -0.395 e. The third kappa shape index (κ3) is 1.61. The Bertz CT molecular complexity index is 611. The molecule has 1 aliphatic rings. The Morgan fingerprint density at radius 1 is 1.06 bits per heavy atom. The maximum atomic E-state index is 13.5. The largest absolute Gasteiger partial charge is 0.395 e. The molecule has 0 saturated heterocycles. The lowest BCUT2D eigenvalue weighted by atomic mass is 10.1. The number of nitrogen functional groups attached to an aromatic ring is 1. The van der Waals surface area contributed by atoms with E-state index in [-0.39, 0.29) is 5.69 Å². The molecule has 0 aromatic heterocycles. The highest BCUT2D eigenvalue weighted by molar-refractivity contribution is 5.78. The van der Waals surface area contributed by atoms with Crippen LogP contribution in [0.2, 0.25) is 0 Å². The van der Waals surface area contributed by atoms with Crippen LogP contribution in [-0.2, 0) is 6.42 Å². The molecule has 0 unspecified atom stereocenters. The van der Waals surface area contributed by atoms with Crippen molar-refractivity contribution in [3.63, 3.8) is 0 Å². The first-order chi connectivity index (χ1) is 8.66. The summed E-state index contributed by atoms with van der Waals surface area (Å²) in [5, 5.41) is 0. The van der Waals surface area contributed by atoms with Crippen molar-refractivity contribution in [3.8, 4) is 0 Å². The molecule has 2 N–H and O–H groups in total. The van der Waals surface area contributed by atoms with E-state index < -0.39 is 11.6 Å². The van der Waals surface area contributed by atoms with Gasteiger partial charge in [-0.25, -0.2) is 8.78 Å². The van der Waals surface area contributed by atoms with Crippen LogP contribution in [0.1, 0.15) is 5.56 Å². The number of nitrogens with zero attached hydrogens (tertiary/aromatic N) is 1. The predicted molar refractivity (Wildman–Crippen MR) is 67.9 cm³/mol. The van der Waals surface area contributed by atoms with Crippen LogP contribution in [0.5, 0.6) is 0 Å². The van der Waals surface area contributed by atoms with Crippen LogP contribution in [0.4, 0.5) is 25.8 Å². The second kappa shape index (κ2) is 3.98. The molecule has 1 aliphatic heterocycles. The Hall–Kier alpha value is -2.10. The summed E-state index contributed by atoms with van der Waals surface area (Å²) in [5.41, 5.74) is 8.23. The molecule has 1 heterocycles. The van der Waals surface area contributed by atoms with Crippen LogP contribution in [0.3, 0.4) is 0 Å². The average Bonchev–Trinajstić information content (AvgIpc) is 2.77. The topological polar surface area (TPSA) is 29.3 Å². The normalized spacial score (nSPS) is 13.8. The second-order valence-electron chi connectivity index (χ2n) is 4.35. The Labute approximate surface area is 104 Å². The van der Waals surface area contributed by atoms with E-state index in [1.165, 1.54) is 11.6 Å². The number of hydrogen-bond donors (Lipinski definition) is 1. The summed E-state index contributed by atoms with van der Waals surface area (Å²) in [6, 6.07) is 9.90. The minimum absolute atomic E-state index is 0.00639. The molecule has 18 heavy (non-hydrogen) atoms. The summed E-state index contributed by atoms with van der Waals surface area (Å²) in [5.74, 6) is -1.32. The monoisotopic (exact) mass is 246 g/mol. The van der Waals surface area contributed by atoms with Gasteiger partial charge in [-0.3, -0.25) is 0 Å². The molecular weight excluding hydrogens is 234 g/mol. The van der Waals surface area contributed by atoms with Crippen LogP contribution in [0.15, 0.2) is 36.4 Å². The summed E-state index contributed by atoms with van der Waals surface area (Å²) in [7, 11) is 0. The maximum Gasteiger partial charge on any atom is 0.151 e. The molecular formula is C14H12F2N2. The smallest absolute Gasteiger partial charge is 0.151 e. The Kier molecular flexibility index (Phi) is 2.44. The zero-order valence-corrected chi connectivity index (χ0v) is 9.66. The molecule has 3 rings (SSSR count). The van der Waals surface area contributed by atoms with Crippen LogP contribution in [0.25, 0.3) is 0 Å². The van der Waals surface area contributed by atoms with Crippen molar-refractivity contribution >= 4 is 17.1 Å². The van der Waals surface area contributed by atoms with Gasteiger partial charge in [0.05, 0.1) is 11.4 Å². The fourth-order valence-corrected chi connectivity index (χ4v) is 2.38. The standard InChI is InChI=1S/C14H12F2N2/c15-10-7-11(16)14(17)13(8-10)18-6-5-9-3-1-2-4-12(9)18/h1-4,7-8H,5-6,17H2. The maximum absolute atomic E-state index is 13.5. The van der Waals surface area contributed by atoms with E-state index in [1.807, 2.05) is 29.2 Å². The van der Waals surface area contributed by atoms with Gasteiger partial charge in [0.15, 0.2) is 5.82 Å². The number of benzene rings is 2. The van der Waals surface area contributed by atoms with Gasteiger partial charge >= 0.3 is 0 Å². The summed E-state index contributed by atoms with van der Waals surface area (Å²) in [4.78, 5) is 1.86. The van der Waals surface area contributed by atoms with Gasteiger partial charge in [0, 0.05) is 18.3 Å². The van der Waals surface area contributed by atoms with Crippen molar-refractivity contribution in [3.05, 3.63) is 53.6 Å². The zero-order chi connectivity index (χ0) is 12.7. The first-order valence-corrected chi connectivity index (χ1v) is 5.77. The molecule has 0 radical (unpaired) electrons. The molecule has 0 aliphatic carbocycles. The zero-order valence-electron chi connectivity index (χ0n) is 9.66. The summed E-state index contributed by atoms with van der Waals surface area (Å²) < 4.78 is 26.8. The first kappa shape index (κ1) is 11.0. The molecule has 2 aromatic rings. The molecule has 92 valence electrons. The number of para-hydroxylation sites is 1. The SMILES string of the molecule is Nc1c(F)cc(F)cc1N1CCc2ccccc21. The molecule has 0 saturated carbocycles. The fraction of sp³-hybridized carbons (Fsp3) is 0.143. The van der Waals surface area contributed by atoms with Gasteiger partial charge in [-0.15, -0.1) is 0 Å². The Morgan fingerprint density at radius 2 is 1.83 bits per heavy atom. The lowest BCUT2D eigenvalue weighted by molar-refractivity contribution is 0.586. The van der Waals surface area contributed by atoms with Gasteiger partial charge in [0.1, 0.15) is 5.82 Å². The van der Waals surface area contributed by atoms with Crippen LogP contribution in [-0.4, -0.2) is 6.54 Å². The van der Waals surface area contributed by atoms with Gasteiger partial charge in [0.2, 0.25) is 0 Å². The number of anilines is 3. The highest BCUT2D eigenvalue weighted by Crippen LogP contribution is 2.38. The van der Waals surface area contributed by atoms with Gasteiger partial charge in [-0.2, -0.15) is 0 Å². The number of fused-ring (bicyclic) bond motifs is 1. The minimum atomic E-state index is -0.714. The first-order valence-electron chi connectivity index (χ1n) is 5.77. The fourth-order valence-electron chi connectivity index (χ4n) is 2.38. The molecule has 0 atom stereocenters. The number of hydrogen-bond acceptors (Lipinski definition) is 2. The van der Waals surface area contributed by atoms with Crippen molar-refractivity contribution in [2.75, 3.05) is 17.2 Å². The molecule has 0 bridgehead atoms.